The molecule has 4 heteroatoms. The van der Waals surface area contributed by atoms with E-state index in [-0.39, 0.29) is 12.1 Å². The summed E-state index contributed by atoms with van der Waals surface area (Å²) in [7, 11) is 0. The number of esters is 1. The minimum atomic E-state index is -0.152. The molecule has 0 heterocycles. The number of carbonyl (C=O) groups is 1. The molecule has 0 fully saturated rings. The van der Waals surface area contributed by atoms with Crippen molar-refractivity contribution in [2.45, 2.75) is 39.2 Å². The standard InChI is InChI=1S/C10H17NO2S/c1-3-9(2)13-10(12)8-14-7-5-4-6-11/h9H,3-5,7-8H2,1-2H3. The fourth-order valence-electron chi connectivity index (χ4n) is 0.751. The van der Waals surface area contributed by atoms with Crippen LogP contribution in [-0.2, 0) is 9.53 Å². The first-order valence-corrected chi connectivity index (χ1v) is 6.00. The summed E-state index contributed by atoms with van der Waals surface area (Å²) in [5, 5.41) is 8.27. The zero-order chi connectivity index (χ0) is 10.8. The van der Waals surface area contributed by atoms with E-state index in [1.165, 1.54) is 11.8 Å². The Balaban J connectivity index is 3.32. The second-order valence-electron chi connectivity index (χ2n) is 3.02. The maximum atomic E-state index is 11.1. The van der Waals surface area contributed by atoms with Crippen molar-refractivity contribution in [2.75, 3.05) is 11.5 Å². The summed E-state index contributed by atoms with van der Waals surface area (Å²) in [6, 6.07) is 2.07. The average molecular weight is 215 g/mol. The van der Waals surface area contributed by atoms with Crippen LogP contribution >= 0.6 is 11.8 Å². The Morgan fingerprint density at radius 1 is 1.64 bits per heavy atom. The lowest BCUT2D eigenvalue weighted by Crippen LogP contribution is -2.15. The number of hydrogen-bond donors (Lipinski definition) is 0. The molecule has 0 saturated heterocycles. The van der Waals surface area contributed by atoms with Crippen molar-refractivity contribution in [1.29, 1.82) is 5.26 Å². The highest BCUT2D eigenvalue weighted by molar-refractivity contribution is 7.99. The molecule has 0 aliphatic rings. The second kappa shape index (κ2) is 8.89. The number of hydrogen-bond acceptors (Lipinski definition) is 4. The van der Waals surface area contributed by atoms with Crippen molar-refractivity contribution in [3.8, 4) is 6.07 Å². The molecule has 0 amide bonds. The van der Waals surface area contributed by atoms with Gasteiger partial charge in [0.05, 0.1) is 17.9 Å². The first kappa shape index (κ1) is 13.3. The van der Waals surface area contributed by atoms with Crippen molar-refractivity contribution in [2.24, 2.45) is 0 Å². The molecule has 0 aromatic heterocycles. The molecule has 0 aliphatic heterocycles. The van der Waals surface area contributed by atoms with E-state index in [1.54, 1.807) is 0 Å². The van der Waals surface area contributed by atoms with Gasteiger partial charge < -0.3 is 4.74 Å². The van der Waals surface area contributed by atoms with E-state index < -0.39 is 0 Å². The van der Waals surface area contributed by atoms with Crippen LogP contribution in [0.2, 0.25) is 0 Å². The molecular weight excluding hydrogens is 198 g/mol. The maximum Gasteiger partial charge on any atom is 0.316 e. The van der Waals surface area contributed by atoms with Crippen molar-refractivity contribution >= 4 is 17.7 Å². The molecule has 0 aromatic carbocycles. The number of thioether (sulfide) groups is 1. The summed E-state index contributed by atoms with van der Waals surface area (Å²) in [4.78, 5) is 11.1. The van der Waals surface area contributed by atoms with Crippen LogP contribution in [0, 0.1) is 11.3 Å². The summed E-state index contributed by atoms with van der Waals surface area (Å²) >= 11 is 1.53. The monoisotopic (exact) mass is 215 g/mol. The molecule has 0 bridgehead atoms. The lowest BCUT2D eigenvalue weighted by Gasteiger charge is -2.09. The number of carbonyl (C=O) groups excluding carboxylic acids is 1. The molecule has 0 aliphatic carbocycles. The Bertz CT molecular complexity index is 201. The highest BCUT2D eigenvalue weighted by Gasteiger charge is 2.06. The fraction of sp³-hybridized carbons (Fsp3) is 0.800. The van der Waals surface area contributed by atoms with Crippen LogP contribution in [0.15, 0.2) is 0 Å². The Morgan fingerprint density at radius 3 is 2.93 bits per heavy atom. The van der Waals surface area contributed by atoms with E-state index in [4.69, 9.17) is 10.00 Å². The van der Waals surface area contributed by atoms with Crippen molar-refractivity contribution in [3.05, 3.63) is 0 Å². The minimum absolute atomic E-state index is 0.0159. The van der Waals surface area contributed by atoms with E-state index in [1.807, 2.05) is 13.8 Å². The van der Waals surface area contributed by atoms with Gasteiger partial charge in [-0.05, 0) is 25.5 Å². The third-order valence-electron chi connectivity index (χ3n) is 1.70. The summed E-state index contributed by atoms with van der Waals surface area (Å²) in [5.41, 5.74) is 0. The molecule has 0 saturated carbocycles. The number of nitriles is 1. The van der Waals surface area contributed by atoms with Crippen LogP contribution in [0.25, 0.3) is 0 Å². The molecule has 0 rings (SSSR count). The summed E-state index contributed by atoms with van der Waals surface area (Å²) in [6.07, 6.45) is 2.28. The Labute approximate surface area is 89.8 Å². The largest absolute Gasteiger partial charge is 0.462 e. The summed E-state index contributed by atoms with van der Waals surface area (Å²) in [5.74, 6) is 1.10. The van der Waals surface area contributed by atoms with E-state index in [2.05, 4.69) is 6.07 Å². The zero-order valence-electron chi connectivity index (χ0n) is 8.78. The van der Waals surface area contributed by atoms with E-state index >= 15 is 0 Å². The first-order chi connectivity index (χ1) is 6.70. The van der Waals surface area contributed by atoms with Crippen LogP contribution in [0.3, 0.4) is 0 Å². The van der Waals surface area contributed by atoms with E-state index in [0.29, 0.717) is 12.2 Å². The van der Waals surface area contributed by atoms with Crippen LogP contribution < -0.4 is 0 Å². The molecule has 1 atom stereocenters. The number of ether oxygens (including phenoxy) is 1. The van der Waals surface area contributed by atoms with E-state index in [9.17, 15) is 4.79 Å². The van der Waals surface area contributed by atoms with Crippen LogP contribution in [-0.4, -0.2) is 23.6 Å². The minimum Gasteiger partial charge on any atom is -0.462 e. The van der Waals surface area contributed by atoms with Crippen molar-refractivity contribution in [3.63, 3.8) is 0 Å². The smallest absolute Gasteiger partial charge is 0.316 e. The SMILES string of the molecule is CCC(C)OC(=O)CSCCCC#N. The van der Waals surface area contributed by atoms with Crippen molar-refractivity contribution < 1.29 is 9.53 Å². The number of rotatable bonds is 7. The van der Waals surface area contributed by atoms with Crippen molar-refractivity contribution in [1.82, 2.24) is 0 Å². The second-order valence-corrected chi connectivity index (χ2v) is 4.13. The molecular formula is C10H17NO2S. The van der Waals surface area contributed by atoms with Crippen LogP contribution in [0.5, 0.6) is 0 Å². The predicted octanol–water partition coefficient (Wildman–Crippen LogP) is 2.37. The summed E-state index contributed by atoms with van der Waals surface area (Å²) in [6.45, 7) is 3.87. The Hall–Kier alpha value is -0.690. The van der Waals surface area contributed by atoms with Crippen LogP contribution in [0.4, 0.5) is 0 Å². The normalized spacial score (nSPS) is 11.8. The Morgan fingerprint density at radius 2 is 2.36 bits per heavy atom. The summed E-state index contributed by atoms with van der Waals surface area (Å²) < 4.78 is 5.08. The van der Waals surface area contributed by atoms with Gasteiger partial charge in [0.15, 0.2) is 0 Å². The van der Waals surface area contributed by atoms with Gasteiger partial charge in [-0.25, -0.2) is 0 Å². The van der Waals surface area contributed by atoms with Gasteiger partial charge in [-0.1, -0.05) is 6.92 Å². The molecule has 0 radical (unpaired) electrons. The van der Waals surface area contributed by atoms with Gasteiger partial charge in [0.25, 0.3) is 0 Å². The fourth-order valence-corrected chi connectivity index (χ4v) is 1.48. The topological polar surface area (TPSA) is 50.1 Å². The molecule has 3 nitrogen and oxygen atoms in total. The number of unbranched alkanes of at least 4 members (excludes halogenated alkanes) is 1. The molecule has 80 valence electrons. The maximum absolute atomic E-state index is 11.1. The quantitative estimate of drug-likeness (QED) is 0.483. The first-order valence-electron chi connectivity index (χ1n) is 4.84. The molecule has 14 heavy (non-hydrogen) atoms. The van der Waals surface area contributed by atoms with Gasteiger partial charge in [0, 0.05) is 6.42 Å². The third kappa shape index (κ3) is 7.93. The molecule has 0 spiro atoms. The van der Waals surface area contributed by atoms with Gasteiger partial charge >= 0.3 is 5.97 Å². The van der Waals surface area contributed by atoms with E-state index in [0.717, 1.165) is 18.6 Å². The molecule has 1 unspecified atom stereocenters. The average Bonchev–Trinajstić information content (AvgIpc) is 2.17. The predicted molar refractivity (Wildman–Crippen MR) is 58.0 cm³/mol. The lowest BCUT2D eigenvalue weighted by molar-refractivity contribution is -0.144. The van der Waals surface area contributed by atoms with Gasteiger partial charge in [-0.15, -0.1) is 0 Å². The Kier molecular flexibility index (Phi) is 8.45. The number of nitrogens with zero attached hydrogens (tertiary/aromatic N) is 1. The molecule has 0 aromatic rings. The van der Waals surface area contributed by atoms with Gasteiger partial charge in [0.1, 0.15) is 0 Å². The molecule has 0 N–H and O–H groups in total. The third-order valence-corrected chi connectivity index (χ3v) is 2.72. The van der Waals surface area contributed by atoms with Gasteiger partial charge in [-0.3, -0.25) is 4.79 Å². The highest BCUT2D eigenvalue weighted by atomic mass is 32.2. The lowest BCUT2D eigenvalue weighted by atomic mass is 10.3. The zero-order valence-corrected chi connectivity index (χ0v) is 9.60. The van der Waals surface area contributed by atoms with Gasteiger partial charge in [-0.2, -0.15) is 17.0 Å². The van der Waals surface area contributed by atoms with Crippen LogP contribution in [0.1, 0.15) is 33.1 Å². The van der Waals surface area contributed by atoms with Gasteiger partial charge in [0.2, 0.25) is 0 Å². The highest BCUT2D eigenvalue weighted by Crippen LogP contribution is 2.06.